The number of aromatic nitrogens is 1. The molecule has 0 amide bonds. The Balaban J connectivity index is 2.33. The first-order chi connectivity index (χ1) is 9.54. The second kappa shape index (κ2) is 6.20. The summed E-state index contributed by atoms with van der Waals surface area (Å²) in [6.07, 6.45) is 1.49. The lowest BCUT2D eigenvalue weighted by Gasteiger charge is -2.27. The molecule has 3 nitrogen and oxygen atoms in total. The van der Waals surface area contributed by atoms with E-state index in [0.717, 1.165) is 5.56 Å². The van der Waals surface area contributed by atoms with Gasteiger partial charge in [0.15, 0.2) is 11.6 Å². The standard InChI is InChI=1S/C15H16ClFN2O/c1-10(11-4-3-5-13(16)8-11)19(2)15-14(17)12(9-20)6-7-18-15/h3-8,10,20H,9H2,1-2H3. The van der Waals surface area contributed by atoms with E-state index in [2.05, 4.69) is 4.98 Å². The summed E-state index contributed by atoms with van der Waals surface area (Å²) in [5.74, 6) is -0.282. The number of aliphatic hydroxyl groups excluding tert-OH is 1. The van der Waals surface area contributed by atoms with E-state index in [9.17, 15) is 4.39 Å². The van der Waals surface area contributed by atoms with Crippen molar-refractivity contribution >= 4 is 17.4 Å². The predicted octanol–water partition coefficient (Wildman–Crippen LogP) is 3.56. The Kier molecular flexibility index (Phi) is 4.57. The largest absolute Gasteiger partial charge is 0.392 e. The molecule has 0 aliphatic rings. The molecule has 1 aromatic heterocycles. The molecular formula is C15H16ClFN2O. The number of benzene rings is 1. The summed E-state index contributed by atoms with van der Waals surface area (Å²) in [4.78, 5) is 5.79. The highest BCUT2D eigenvalue weighted by molar-refractivity contribution is 6.30. The van der Waals surface area contributed by atoms with Crippen LogP contribution in [-0.2, 0) is 6.61 Å². The average Bonchev–Trinajstić information content (AvgIpc) is 2.46. The molecule has 106 valence electrons. The summed E-state index contributed by atoms with van der Waals surface area (Å²) in [6.45, 7) is 1.60. The molecule has 0 spiro atoms. The minimum absolute atomic E-state index is 0.0929. The molecule has 1 N–H and O–H groups in total. The van der Waals surface area contributed by atoms with E-state index in [1.165, 1.54) is 12.3 Å². The lowest BCUT2D eigenvalue weighted by molar-refractivity contribution is 0.275. The van der Waals surface area contributed by atoms with Gasteiger partial charge in [-0.3, -0.25) is 0 Å². The second-order valence-electron chi connectivity index (χ2n) is 4.61. The molecule has 0 saturated heterocycles. The normalized spacial score (nSPS) is 12.2. The van der Waals surface area contributed by atoms with Crippen LogP contribution in [0.1, 0.15) is 24.1 Å². The highest BCUT2D eigenvalue weighted by Gasteiger charge is 2.18. The van der Waals surface area contributed by atoms with Crippen LogP contribution < -0.4 is 4.90 Å². The first kappa shape index (κ1) is 14.8. The zero-order chi connectivity index (χ0) is 14.7. The maximum atomic E-state index is 14.2. The van der Waals surface area contributed by atoms with E-state index in [1.807, 2.05) is 25.1 Å². The molecule has 0 bridgehead atoms. The van der Waals surface area contributed by atoms with Gasteiger partial charge in [0.05, 0.1) is 12.6 Å². The number of anilines is 1. The van der Waals surface area contributed by atoms with Gasteiger partial charge < -0.3 is 10.0 Å². The Hall–Kier alpha value is -1.65. The SMILES string of the molecule is CC(c1cccc(Cl)c1)N(C)c1nccc(CO)c1F. The molecule has 0 fully saturated rings. The van der Waals surface area contributed by atoms with Gasteiger partial charge in [-0.2, -0.15) is 0 Å². The molecule has 1 atom stereocenters. The van der Waals surface area contributed by atoms with Gasteiger partial charge in [0.1, 0.15) is 0 Å². The van der Waals surface area contributed by atoms with E-state index in [1.54, 1.807) is 18.0 Å². The van der Waals surface area contributed by atoms with Crippen molar-refractivity contribution < 1.29 is 9.50 Å². The Morgan fingerprint density at radius 2 is 2.15 bits per heavy atom. The van der Waals surface area contributed by atoms with Crippen LogP contribution in [-0.4, -0.2) is 17.1 Å². The fraction of sp³-hybridized carbons (Fsp3) is 0.267. The molecule has 2 rings (SSSR count). The van der Waals surface area contributed by atoms with Gasteiger partial charge in [-0.25, -0.2) is 9.37 Å². The van der Waals surface area contributed by atoms with E-state index in [0.29, 0.717) is 5.02 Å². The van der Waals surface area contributed by atoms with Crippen LogP contribution in [0.3, 0.4) is 0 Å². The zero-order valence-corrected chi connectivity index (χ0v) is 12.1. The van der Waals surface area contributed by atoms with Crippen LogP contribution in [0.25, 0.3) is 0 Å². The minimum atomic E-state index is -0.494. The first-order valence-corrected chi connectivity index (χ1v) is 6.65. The maximum absolute atomic E-state index is 14.2. The average molecular weight is 295 g/mol. The summed E-state index contributed by atoms with van der Waals surface area (Å²) >= 11 is 5.98. The van der Waals surface area contributed by atoms with Crippen molar-refractivity contribution in [3.8, 4) is 0 Å². The molecular weight excluding hydrogens is 279 g/mol. The molecule has 1 heterocycles. The molecule has 1 aromatic carbocycles. The summed E-state index contributed by atoms with van der Waals surface area (Å²) < 4.78 is 14.2. The molecule has 5 heteroatoms. The molecule has 20 heavy (non-hydrogen) atoms. The van der Waals surface area contributed by atoms with Crippen LogP contribution in [0, 0.1) is 5.82 Å². The van der Waals surface area contributed by atoms with Crippen molar-refractivity contribution in [3.05, 3.63) is 58.5 Å². The van der Waals surface area contributed by atoms with Crippen molar-refractivity contribution in [2.45, 2.75) is 19.6 Å². The van der Waals surface area contributed by atoms with Crippen molar-refractivity contribution in [1.82, 2.24) is 4.98 Å². The Bertz CT molecular complexity index is 606. The van der Waals surface area contributed by atoms with Gasteiger partial charge in [-0.1, -0.05) is 23.7 Å². The monoisotopic (exact) mass is 294 g/mol. The fourth-order valence-electron chi connectivity index (χ4n) is 2.01. The molecule has 2 aromatic rings. The van der Waals surface area contributed by atoms with Crippen molar-refractivity contribution in [3.63, 3.8) is 0 Å². The quantitative estimate of drug-likeness (QED) is 0.936. The minimum Gasteiger partial charge on any atom is -0.392 e. The molecule has 0 radical (unpaired) electrons. The maximum Gasteiger partial charge on any atom is 0.171 e. The van der Waals surface area contributed by atoms with Crippen LogP contribution >= 0.6 is 11.6 Å². The van der Waals surface area contributed by atoms with Gasteiger partial charge in [0, 0.05) is 23.8 Å². The van der Waals surface area contributed by atoms with Gasteiger partial charge >= 0.3 is 0 Å². The number of pyridine rings is 1. The highest BCUT2D eigenvalue weighted by Crippen LogP contribution is 2.28. The third-order valence-electron chi connectivity index (χ3n) is 3.37. The smallest absolute Gasteiger partial charge is 0.171 e. The van der Waals surface area contributed by atoms with Gasteiger partial charge in [0.25, 0.3) is 0 Å². The first-order valence-electron chi connectivity index (χ1n) is 6.27. The highest BCUT2D eigenvalue weighted by atomic mass is 35.5. The van der Waals surface area contributed by atoms with Crippen LogP contribution in [0.2, 0.25) is 5.02 Å². The number of rotatable bonds is 4. The third kappa shape index (κ3) is 2.92. The topological polar surface area (TPSA) is 36.4 Å². The Labute approximate surface area is 122 Å². The van der Waals surface area contributed by atoms with E-state index in [4.69, 9.17) is 16.7 Å². The lowest BCUT2D eigenvalue weighted by atomic mass is 10.1. The van der Waals surface area contributed by atoms with Crippen molar-refractivity contribution in [2.24, 2.45) is 0 Å². The molecule has 1 unspecified atom stereocenters. The van der Waals surface area contributed by atoms with Crippen LogP contribution in [0.5, 0.6) is 0 Å². The zero-order valence-electron chi connectivity index (χ0n) is 11.3. The third-order valence-corrected chi connectivity index (χ3v) is 3.60. The molecule has 0 saturated carbocycles. The van der Waals surface area contributed by atoms with Crippen LogP contribution in [0.4, 0.5) is 10.2 Å². The second-order valence-corrected chi connectivity index (χ2v) is 5.04. The number of aliphatic hydroxyl groups is 1. The number of halogens is 2. The summed E-state index contributed by atoms with van der Waals surface area (Å²) in [5, 5.41) is 9.75. The fourth-order valence-corrected chi connectivity index (χ4v) is 2.21. The van der Waals surface area contributed by atoms with E-state index < -0.39 is 5.82 Å². The molecule has 0 aliphatic carbocycles. The number of nitrogens with zero attached hydrogens (tertiary/aromatic N) is 2. The summed E-state index contributed by atoms with van der Waals surface area (Å²) in [5.41, 5.74) is 1.20. The number of hydrogen-bond donors (Lipinski definition) is 1. The van der Waals surface area contributed by atoms with E-state index in [-0.39, 0.29) is 24.0 Å². The van der Waals surface area contributed by atoms with E-state index >= 15 is 0 Å². The van der Waals surface area contributed by atoms with Gasteiger partial charge in [-0.05, 0) is 30.7 Å². The Morgan fingerprint density at radius 3 is 2.80 bits per heavy atom. The summed E-state index contributed by atoms with van der Waals surface area (Å²) in [6, 6.07) is 8.80. The number of hydrogen-bond acceptors (Lipinski definition) is 3. The van der Waals surface area contributed by atoms with Crippen LogP contribution in [0.15, 0.2) is 36.5 Å². The van der Waals surface area contributed by atoms with Crippen molar-refractivity contribution in [2.75, 3.05) is 11.9 Å². The van der Waals surface area contributed by atoms with Crippen molar-refractivity contribution in [1.29, 1.82) is 0 Å². The predicted molar refractivity (Wildman–Crippen MR) is 78.4 cm³/mol. The Morgan fingerprint density at radius 1 is 1.40 bits per heavy atom. The molecule has 0 aliphatic heterocycles. The van der Waals surface area contributed by atoms with Gasteiger partial charge in [-0.15, -0.1) is 0 Å². The lowest BCUT2D eigenvalue weighted by Crippen LogP contribution is -2.24. The summed E-state index contributed by atoms with van der Waals surface area (Å²) in [7, 11) is 1.76. The van der Waals surface area contributed by atoms with Gasteiger partial charge in [0.2, 0.25) is 0 Å².